The maximum atomic E-state index is 13.4. The molecule has 0 saturated heterocycles. The van der Waals surface area contributed by atoms with Crippen LogP contribution in [0.3, 0.4) is 0 Å². The second kappa shape index (κ2) is 11.0. The lowest BCUT2D eigenvalue weighted by atomic mass is 10.2. The van der Waals surface area contributed by atoms with Crippen LogP contribution in [0.2, 0.25) is 0 Å². The lowest BCUT2D eigenvalue weighted by Crippen LogP contribution is -2.37. The van der Waals surface area contributed by atoms with E-state index in [0.717, 1.165) is 22.6 Å². The second-order valence-corrected chi connectivity index (χ2v) is 9.00. The molecule has 0 N–H and O–H groups in total. The highest BCUT2D eigenvalue weighted by Crippen LogP contribution is 2.24. The van der Waals surface area contributed by atoms with Crippen LogP contribution in [0.25, 0.3) is 0 Å². The van der Waals surface area contributed by atoms with Crippen LogP contribution >= 0.6 is 0 Å². The van der Waals surface area contributed by atoms with E-state index in [0.29, 0.717) is 19.3 Å². The molecular weight excluding hydrogens is 386 g/mol. The average Bonchev–Trinajstić information content (AvgIpc) is 2.74. The van der Waals surface area contributed by atoms with Crippen LogP contribution in [0.5, 0.6) is 11.5 Å². The molecule has 0 aliphatic rings. The summed E-state index contributed by atoms with van der Waals surface area (Å²) < 4.78 is 38.8. The van der Waals surface area contributed by atoms with Gasteiger partial charge in [-0.2, -0.15) is 4.31 Å². The van der Waals surface area contributed by atoms with Crippen molar-refractivity contribution < 1.29 is 17.9 Å². The molecule has 0 spiro atoms. The van der Waals surface area contributed by atoms with Crippen LogP contribution in [0.15, 0.2) is 61.2 Å². The summed E-state index contributed by atoms with van der Waals surface area (Å²) in [6, 6.07) is 14.9. The number of benzene rings is 2. The Morgan fingerprint density at radius 1 is 0.931 bits per heavy atom. The van der Waals surface area contributed by atoms with E-state index >= 15 is 0 Å². The summed E-state index contributed by atoms with van der Waals surface area (Å²) in [6.45, 7) is 8.14. The Hall–Kier alpha value is -2.31. The molecule has 0 saturated carbocycles. The molecule has 5 nitrogen and oxygen atoms in total. The highest BCUT2D eigenvalue weighted by molar-refractivity contribution is 7.89. The quantitative estimate of drug-likeness (QED) is 0.475. The van der Waals surface area contributed by atoms with Crippen molar-refractivity contribution in [3.8, 4) is 11.5 Å². The number of allylic oxidation sites excluding steroid dienone is 1. The van der Waals surface area contributed by atoms with Crippen molar-refractivity contribution >= 4 is 10.0 Å². The molecule has 2 rings (SSSR count). The van der Waals surface area contributed by atoms with E-state index in [1.54, 1.807) is 20.3 Å². The summed E-state index contributed by atoms with van der Waals surface area (Å²) in [7, 11) is -0.343. The summed E-state index contributed by atoms with van der Waals surface area (Å²) >= 11 is 0. The van der Waals surface area contributed by atoms with Crippen LogP contribution in [-0.2, 0) is 23.1 Å². The van der Waals surface area contributed by atoms with Crippen molar-refractivity contribution in [2.45, 2.75) is 37.6 Å². The standard InChI is InChI=1S/C23H30NO4S/c1-5-7-8-23(6-2)29(25,26)24(17-19-9-13-21(27-3)14-10-19)18-20-11-15-22(28-4)16-12-20/h5,9-16,23H,1-2,6-8,17-18H2,3-4H3/t23-/m0/s1. The number of ether oxygens (including phenoxy) is 2. The van der Waals surface area contributed by atoms with E-state index in [-0.39, 0.29) is 13.1 Å². The summed E-state index contributed by atoms with van der Waals surface area (Å²) in [4.78, 5) is 0. The summed E-state index contributed by atoms with van der Waals surface area (Å²) in [5.41, 5.74) is 1.80. The Balaban J connectivity index is 2.32. The summed E-state index contributed by atoms with van der Waals surface area (Å²) in [5, 5.41) is -0.544. The van der Waals surface area contributed by atoms with Gasteiger partial charge < -0.3 is 9.47 Å². The van der Waals surface area contributed by atoms with Crippen molar-refractivity contribution in [2.75, 3.05) is 14.2 Å². The van der Waals surface area contributed by atoms with Crippen molar-refractivity contribution in [3.63, 3.8) is 0 Å². The fourth-order valence-corrected chi connectivity index (χ4v) is 4.87. The highest BCUT2D eigenvalue weighted by Gasteiger charge is 2.30. The van der Waals surface area contributed by atoms with Gasteiger partial charge >= 0.3 is 0 Å². The van der Waals surface area contributed by atoms with Gasteiger partial charge in [-0.25, -0.2) is 8.42 Å². The first-order valence-electron chi connectivity index (χ1n) is 9.59. The van der Waals surface area contributed by atoms with Crippen molar-refractivity contribution in [1.82, 2.24) is 4.31 Å². The fourth-order valence-electron chi connectivity index (χ4n) is 3.06. The largest absolute Gasteiger partial charge is 0.497 e. The van der Waals surface area contributed by atoms with Gasteiger partial charge in [0.15, 0.2) is 0 Å². The van der Waals surface area contributed by atoms with Crippen molar-refractivity contribution in [1.29, 1.82) is 0 Å². The Morgan fingerprint density at radius 3 is 1.72 bits per heavy atom. The van der Waals surface area contributed by atoms with E-state index in [1.165, 1.54) is 4.31 Å². The first kappa shape index (κ1) is 23.0. The van der Waals surface area contributed by atoms with Crippen LogP contribution in [0, 0.1) is 6.92 Å². The van der Waals surface area contributed by atoms with Crippen LogP contribution in [-0.4, -0.2) is 32.2 Å². The number of hydrogen-bond acceptors (Lipinski definition) is 4. The molecule has 2 aromatic rings. The van der Waals surface area contributed by atoms with Gasteiger partial charge in [0.05, 0.1) is 19.5 Å². The smallest absolute Gasteiger partial charge is 0.217 e. The molecule has 29 heavy (non-hydrogen) atoms. The molecule has 157 valence electrons. The minimum Gasteiger partial charge on any atom is -0.497 e. The predicted octanol–water partition coefficient (Wildman–Crippen LogP) is 4.59. The third kappa shape index (κ3) is 6.34. The maximum absolute atomic E-state index is 13.4. The zero-order chi connectivity index (χ0) is 21.3. The Morgan fingerprint density at radius 2 is 1.38 bits per heavy atom. The molecule has 1 atom stereocenters. The molecule has 0 aliphatic carbocycles. The maximum Gasteiger partial charge on any atom is 0.217 e. The second-order valence-electron chi connectivity index (χ2n) is 6.79. The van der Waals surface area contributed by atoms with E-state index in [4.69, 9.17) is 9.47 Å². The molecular formula is C23H30NO4S. The van der Waals surface area contributed by atoms with Crippen LogP contribution in [0.1, 0.15) is 30.4 Å². The highest BCUT2D eigenvalue weighted by atomic mass is 32.2. The third-order valence-electron chi connectivity index (χ3n) is 4.83. The molecule has 0 aliphatic heterocycles. The van der Waals surface area contributed by atoms with Gasteiger partial charge in [0.1, 0.15) is 11.5 Å². The lowest BCUT2D eigenvalue weighted by molar-refractivity contribution is 0.389. The fraction of sp³-hybridized carbons (Fsp3) is 0.348. The molecule has 6 heteroatoms. The molecule has 0 heterocycles. The van der Waals surface area contributed by atoms with Gasteiger partial charge in [-0.1, -0.05) is 37.3 Å². The minimum atomic E-state index is -3.55. The van der Waals surface area contributed by atoms with E-state index in [2.05, 4.69) is 13.5 Å². The molecule has 1 radical (unpaired) electrons. The van der Waals surface area contributed by atoms with Gasteiger partial charge in [-0.3, -0.25) is 0 Å². The number of methoxy groups -OCH3 is 2. The minimum absolute atomic E-state index is 0.281. The van der Waals surface area contributed by atoms with Crippen LogP contribution in [0.4, 0.5) is 0 Å². The lowest BCUT2D eigenvalue weighted by Gasteiger charge is -2.27. The zero-order valence-electron chi connectivity index (χ0n) is 17.2. The average molecular weight is 417 g/mol. The van der Waals surface area contributed by atoms with Gasteiger partial charge in [0, 0.05) is 13.1 Å². The Kier molecular flexibility index (Phi) is 8.73. The third-order valence-corrected chi connectivity index (χ3v) is 7.12. The molecule has 0 amide bonds. The Bertz CT molecular complexity index is 811. The molecule has 0 aromatic heterocycles. The molecule has 2 aromatic carbocycles. The number of nitrogens with zero attached hydrogens (tertiary/aromatic N) is 1. The van der Waals surface area contributed by atoms with Gasteiger partial charge in [-0.05, 0) is 54.7 Å². The van der Waals surface area contributed by atoms with Crippen molar-refractivity contribution in [3.05, 3.63) is 79.2 Å². The summed E-state index contributed by atoms with van der Waals surface area (Å²) in [6.07, 6.45) is 3.21. The molecule has 0 unspecified atom stereocenters. The topological polar surface area (TPSA) is 55.8 Å². The number of rotatable bonds is 12. The number of sulfonamides is 1. The van der Waals surface area contributed by atoms with E-state index in [1.807, 2.05) is 48.5 Å². The monoisotopic (exact) mass is 416 g/mol. The Labute approximate surface area is 175 Å². The van der Waals surface area contributed by atoms with Gasteiger partial charge in [0.25, 0.3) is 0 Å². The first-order valence-corrected chi connectivity index (χ1v) is 11.1. The normalized spacial score (nSPS) is 12.6. The van der Waals surface area contributed by atoms with Crippen LogP contribution < -0.4 is 9.47 Å². The zero-order valence-corrected chi connectivity index (χ0v) is 18.0. The first-order chi connectivity index (χ1) is 13.9. The van der Waals surface area contributed by atoms with E-state index in [9.17, 15) is 8.42 Å². The summed E-state index contributed by atoms with van der Waals surface area (Å²) in [5.74, 6) is 1.47. The number of hydrogen-bond donors (Lipinski definition) is 0. The van der Waals surface area contributed by atoms with Gasteiger partial charge in [0.2, 0.25) is 10.0 Å². The SMILES string of the molecule is [CH2]C[C@@H](CCC=C)S(=O)(=O)N(Cc1ccc(OC)cc1)Cc1ccc(OC)cc1. The molecule has 0 bridgehead atoms. The van der Waals surface area contributed by atoms with E-state index < -0.39 is 15.3 Å². The van der Waals surface area contributed by atoms with Gasteiger partial charge in [-0.15, -0.1) is 6.58 Å². The molecule has 0 fully saturated rings. The predicted molar refractivity (Wildman–Crippen MR) is 117 cm³/mol. The van der Waals surface area contributed by atoms with Crippen molar-refractivity contribution in [2.24, 2.45) is 0 Å².